The molecule has 3 aliphatic rings. The van der Waals surface area contributed by atoms with Crippen molar-refractivity contribution in [3.63, 3.8) is 0 Å². The molecule has 2 bridgehead atoms. The van der Waals surface area contributed by atoms with E-state index >= 15 is 0 Å². The number of carbonyl (C=O) groups is 3. The summed E-state index contributed by atoms with van der Waals surface area (Å²) in [4.78, 5) is 42.0. The van der Waals surface area contributed by atoms with Crippen LogP contribution in [0.1, 0.15) is 50.7 Å². The van der Waals surface area contributed by atoms with E-state index in [2.05, 4.69) is 5.32 Å². The normalized spacial score (nSPS) is 32.2. The Balaban J connectivity index is 1.75. The summed E-state index contributed by atoms with van der Waals surface area (Å²) in [6.07, 6.45) is 2.01. The number of aliphatic hydroxyl groups is 1. The molecule has 0 radical (unpaired) electrons. The largest absolute Gasteiger partial charge is 0.466 e. The van der Waals surface area contributed by atoms with Gasteiger partial charge in [-0.15, -0.1) is 0 Å². The fraction of sp³-hybridized carbons (Fsp3) is 0.640. The maximum atomic E-state index is 13.8. The molecular formula is C25H34N2O6. The number of carbonyl (C=O) groups excluding carboxylic acids is 3. The summed E-state index contributed by atoms with van der Waals surface area (Å²) in [5, 5.41) is 12.4. The molecule has 3 fully saturated rings. The SMILES string of the molecule is CCOC(=O)[C@@H]1[C@H]2C(=O)N(CCCO)C(C(=O)Nc3cc(C)ccc3C)C23CC[C@@]1(CC)O3. The summed E-state index contributed by atoms with van der Waals surface area (Å²) in [5.74, 6) is -2.53. The molecule has 2 unspecified atom stereocenters. The molecule has 4 rings (SSSR count). The van der Waals surface area contributed by atoms with E-state index in [9.17, 15) is 19.5 Å². The van der Waals surface area contributed by atoms with Crippen molar-refractivity contribution in [3.8, 4) is 0 Å². The Kier molecular flexibility index (Phi) is 6.26. The van der Waals surface area contributed by atoms with E-state index in [-0.39, 0.29) is 31.6 Å². The Labute approximate surface area is 194 Å². The fourth-order valence-corrected chi connectivity index (χ4v) is 6.16. The quantitative estimate of drug-likeness (QED) is 0.580. The van der Waals surface area contributed by atoms with Crippen LogP contribution in [0.25, 0.3) is 0 Å². The lowest BCUT2D eigenvalue weighted by Crippen LogP contribution is -2.53. The van der Waals surface area contributed by atoms with E-state index in [4.69, 9.17) is 9.47 Å². The predicted octanol–water partition coefficient (Wildman–Crippen LogP) is 2.34. The third-order valence-corrected chi connectivity index (χ3v) is 7.68. The van der Waals surface area contributed by atoms with Crippen LogP contribution in [0.15, 0.2) is 18.2 Å². The first-order valence-electron chi connectivity index (χ1n) is 11.9. The number of amides is 2. The van der Waals surface area contributed by atoms with Crippen molar-refractivity contribution < 1.29 is 29.0 Å². The Morgan fingerprint density at radius 3 is 2.70 bits per heavy atom. The Morgan fingerprint density at radius 1 is 1.27 bits per heavy atom. The summed E-state index contributed by atoms with van der Waals surface area (Å²) >= 11 is 0. The minimum atomic E-state index is -1.08. The van der Waals surface area contributed by atoms with Crippen LogP contribution in [-0.4, -0.2) is 64.8 Å². The van der Waals surface area contributed by atoms with Gasteiger partial charge in [0.05, 0.1) is 18.1 Å². The first kappa shape index (κ1) is 23.7. The van der Waals surface area contributed by atoms with Crippen LogP contribution in [-0.2, 0) is 23.9 Å². The molecular weight excluding hydrogens is 424 g/mol. The van der Waals surface area contributed by atoms with Gasteiger partial charge < -0.3 is 24.8 Å². The van der Waals surface area contributed by atoms with Crippen molar-refractivity contribution in [2.75, 3.05) is 25.1 Å². The van der Waals surface area contributed by atoms with E-state index in [0.29, 0.717) is 31.4 Å². The van der Waals surface area contributed by atoms with Crippen molar-refractivity contribution in [1.29, 1.82) is 0 Å². The number of anilines is 1. The van der Waals surface area contributed by atoms with Crippen LogP contribution >= 0.6 is 0 Å². The summed E-state index contributed by atoms with van der Waals surface area (Å²) in [6, 6.07) is 4.94. The monoisotopic (exact) mass is 458 g/mol. The zero-order valence-corrected chi connectivity index (χ0v) is 19.8. The summed E-state index contributed by atoms with van der Waals surface area (Å²) < 4.78 is 12.0. The average Bonchev–Trinajstić information content (AvgIpc) is 3.38. The number of fused-ring (bicyclic) bond motifs is 1. The Bertz CT molecular complexity index is 964. The first-order valence-corrected chi connectivity index (χ1v) is 11.9. The minimum Gasteiger partial charge on any atom is -0.466 e. The Hall–Kier alpha value is -2.45. The number of likely N-dealkylation sites (tertiary alicyclic amines) is 1. The Morgan fingerprint density at radius 2 is 2.03 bits per heavy atom. The van der Waals surface area contributed by atoms with E-state index in [1.54, 1.807) is 6.92 Å². The zero-order valence-electron chi connectivity index (χ0n) is 19.8. The van der Waals surface area contributed by atoms with Gasteiger partial charge in [0.1, 0.15) is 17.6 Å². The predicted molar refractivity (Wildman–Crippen MR) is 121 cm³/mol. The molecule has 2 N–H and O–H groups in total. The standard InChI is InChI=1S/C25H34N2O6/c1-5-24-10-11-25(33-24)18(19(24)23(31)32-6-2)22(30)27(12-7-13-28)20(25)21(29)26-17-14-15(3)8-9-16(17)4/h8-9,14,18-20,28H,5-7,10-13H2,1-4H3,(H,26,29)/t18-,19-,20?,24+,25?/m0/s1. The van der Waals surface area contributed by atoms with Crippen LogP contribution in [0.5, 0.6) is 0 Å². The molecule has 8 nitrogen and oxygen atoms in total. The highest BCUT2D eigenvalue weighted by molar-refractivity contribution is 6.03. The van der Waals surface area contributed by atoms with Crippen LogP contribution < -0.4 is 5.32 Å². The van der Waals surface area contributed by atoms with Crippen LogP contribution in [0, 0.1) is 25.7 Å². The lowest BCUT2D eigenvalue weighted by molar-refractivity contribution is -0.160. The van der Waals surface area contributed by atoms with Gasteiger partial charge in [-0.1, -0.05) is 19.1 Å². The van der Waals surface area contributed by atoms with Gasteiger partial charge in [-0.05, 0) is 63.6 Å². The second kappa shape index (κ2) is 8.72. The summed E-state index contributed by atoms with van der Waals surface area (Å²) in [7, 11) is 0. The van der Waals surface area contributed by atoms with E-state index in [0.717, 1.165) is 11.1 Å². The second-order valence-corrected chi connectivity index (χ2v) is 9.50. The molecule has 1 spiro atoms. The van der Waals surface area contributed by atoms with E-state index < -0.39 is 35.0 Å². The summed E-state index contributed by atoms with van der Waals surface area (Å²) in [6.45, 7) is 7.89. The highest BCUT2D eigenvalue weighted by Crippen LogP contribution is 2.64. The highest BCUT2D eigenvalue weighted by atomic mass is 16.6. The number of nitrogens with one attached hydrogen (secondary N) is 1. The van der Waals surface area contributed by atoms with Crippen molar-refractivity contribution in [1.82, 2.24) is 4.90 Å². The average molecular weight is 459 g/mol. The smallest absolute Gasteiger partial charge is 0.312 e. The third-order valence-electron chi connectivity index (χ3n) is 7.68. The first-order chi connectivity index (χ1) is 15.7. The molecule has 3 aliphatic heterocycles. The third kappa shape index (κ3) is 3.54. The molecule has 3 heterocycles. The maximum Gasteiger partial charge on any atom is 0.312 e. The van der Waals surface area contributed by atoms with Crippen LogP contribution in [0.3, 0.4) is 0 Å². The number of hydrogen-bond acceptors (Lipinski definition) is 6. The molecule has 1 aromatic rings. The van der Waals surface area contributed by atoms with E-state index in [1.165, 1.54) is 4.90 Å². The molecule has 1 aromatic carbocycles. The molecule has 2 amide bonds. The van der Waals surface area contributed by atoms with Gasteiger partial charge in [-0.3, -0.25) is 14.4 Å². The molecule has 0 aromatic heterocycles. The minimum absolute atomic E-state index is 0.103. The number of aliphatic hydroxyl groups excluding tert-OH is 1. The van der Waals surface area contributed by atoms with Crippen LogP contribution in [0.2, 0.25) is 0 Å². The van der Waals surface area contributed by atoms with Crippen molar-refractivity contribution in [2.24, 2.45) is 11.8 Å². The fourth-order valence-electron chi connectivity index (χ4n) is 6.16. The van der Waals surface area contributed by atoms with Gasteiger partial charge in [0.15, 0.2) is 0 Å². The molecule has 0 saturated carbocycles. The lowest BCUT2D eigenvalue weighted by atomic mass is 9.65. The van der Waals surface area contributed by atoms with Gasteiger partial charge >= 0.3 is 5.97 Å². The number of rotatable bonds is 8. The summed E-state index contributed by atoms with van der Waals surface area (Å²) in [5.41, 5.74) is 0.737. The van der Waals surface area contributed by atoms with Crippen molar-refractivity contribution >= 4 is 23.5 Å². The number of ether oxygens (including phenoxy) is 2. The topological polar surface area (TPSA) is 105 Å². The van der Waals surface area contributed by atoms with Gasteiger partial charge in [-0.2, -0.15) is 0 Å². The van der Waals surface area contributed by atoms with E-state index in [1.807, 2.05) is 39.0 Å². The van der Waals surface area contributed by atoms with Gasteiger partial charge in [-0.25, -0.2) is 0 Å². The molecule has 3 saturated heterocycles. The molecule has 33 heavy (non-hydrogen) atoms. The number of hydrogen-bond donors (Lipinski definition) is 2. The van der Waals surface area contributed by atoms with Crippen molar-refractivity contribution in [2.45, 2.75) is 70.6 Å². The van der Waals surface area contributed by atoms with Gasteiger partial charge in [0, 0.05) is 18.8 Å². The molecule has 8 heteroatoms. The maximum absolute atomic E-state index is 13.8. The van der Waals surface area contributed by atoms with Gasteiger partial charge in [0.2, 0.25) is 11.8 Å². The number of benzene rings is 1. The molecule has 180 valence electrons. The number of esters is 1. The van der Waals surface area contributed by atoms with Crippen LogP contribution in [0.4, 0.5) is 5.69 Å². The zero-order chi connectivity index (χ0) is 24.0. The number of nitrogens with zero attached hydrogens (tertiary/aromatic N) is 1. The number of aryl methyl sites for hydroxylation is 2. The van der Waals surface area contributed by atoms with Crippen molar-refractivity contribution in [3.05, 3.63) is 29.3 Å². The van der Waals surface area contributed by atoms with Gasteiger partial charge in [0.25, 0.3) is 0 Å². The lowest BCUT2D eigenvalue weighted by Gasteiger charge is -2.33. The molecule has 5 atom stereocenters. The molecule has 0 aliphatic carbocycles. The second-order valence-electron chi connectivity index (χ2n) is 9.50. The highest BCUT2D eigenvalue weighted by Gasteiger charge is 2.78.